The Morgan fingerprint density at radius 3 is 2.70 bits per heavy atom. The first-order valence-electron chi connectivity index (χ1n) is 10.5. The van der Waals surface area contributed by atoms with Crippen LogP contribution < -0.4 is 9.73 Å². The van der Waals surface area contributed by atoms with Crippen LogP contribution in [0.5, 0.6) is 5.75 Å². The molecule has 5 nitrogen and oxygen atoms in total. The molecular formula is C22H37N2O3+. The van der Waals surface area contributed by atoms with Crippen molar-refractivity contribution in [2.24, 2.45) is 5.92 Å². The van der Waals surface area contributed by atoms with Gasteiger partial charge in [0.1, 0.15) is 6.10 Å². The summed E-state index contributed by atoms with van der Waals surface area (Å²) in [5.41, 5.74) is 0.740. The molecule has 2 N–H and O–H groups in total. The van der Waals surface area contributed by atoms with Gasteiger partial charge in [0.05, 0.1) is 6.61 Å². The highest BCUT2D eigenvalue weighted by atomic mass is 16.6. The molecule has 0 aliphatic heterocycles. The average molecular weight is 378 g/mol. The van der Waals surface area contributed by atoms with Gasteiger partial charge in [-0.2, -0.15) is 0 Å². The molecule has 2 atom stereocenters. The highest BCUT2D eigenvalue weighted by Gasteiger charge is 2.28. The molecule has 0 unspecified atom stereocenters. The molecule has 1 fully saturated rings. The largest absolute Gasteiger partial charge is 0.551 e. The van der Waals surface area contributed by atoms with Gasteiger partial charge < -0.3 is 19.5 Å². The van der Waals surface area contributed by atoms with Crippen LogP contribution >= 0.6 is 0 Å². The van der Waals surface area contributed by atoms with Gasteiger partial charge in [0.25, 0.3) is 5.69 Å². The van der Waals surface area contributed by atoms with E-state index in [2.05, 4.69) is 30.9 Å². The van der Waals surface area contributed by atoms with Gasteiger partial charge in [-0.1, -0.05) is 44.7 Å². The van der Waals surface area contributed by atoms with Crippen LogP contribution in [0.3, 0.4) is 0 Å². The number of benzene rings is 1. The van der Waals surface area contributed by atoms with Crippen molar-refractivity contribution in [2.75, 3.05) is 27.2 Å². The molecule has 0 aromatic heterocycles. The predicted molar refractivity (Wildman–Crippen MR) is 110 cm³/mol. The highest BCUT2D eigenvalue weighted by molar-refractivity contribution is 5.60. The molecule has 5 heteroatoms. The Balaban J connectivity index is 2.02. The Morgan fingerprint density at radius 1 is 1.15 bits per heavy atom. The Labute approximate surface area is 164 Å². The van der Waals surface area contributed by atoms with Gasteiger partial charge in [0, 0.05) is 18.5 Å². The average Bonchev–Trinajstić information content (AvgIpc) is 2.85. The van der Waals surface area contributed by atoms with E-state index in [9.17, 15) is 5.11 Å². The van der Waals surface area contributed by atoms with Crippen LogP contribution in [0.2, 0.25) is 0 Å². The maximum atomic E-state index is 10.4. The molecule has 1 saturated carbocycles. The van der Waals surface area contributed by atoms with Crippen LogP contribution in [0.25, 0.3) is 0 Å². The minimum atomic E-state index is -0.129. The fourth-order valence-electron chi connectivity index (χ4n) is 3.70. The van der Waals surface area contributed by atoms with Gasteiger partial charge in [0.2, 0.25) is 0 Å². The summed E-state index contributed by atoms with van der Waals surface area (Å²) < 4.78 is 11.8. The number of rotatable bonds is 9. The summed E-state index contributed by atoms with van der Waals surface area (Å²) >= 11 is 0. The van der Waals surface area contributed by atoms with E-state index in [4.69, 9.17) is 9.47 Å². The van der Waals surface area contributed by atoms with Gasteiger partial charge in [-0.15, -0.1) is 4.99 Å². The van der Waals surface area contributed by atoms with Crippen molar-refractivity contribution in [2.45, 2.75) is 64.4 Å². The topological polar surface area (TPSA) is 55.9 Å². The molecule has 152 valence electrons. The fraction of sp³-hybridized carbons (Fsp3) is 0.682. The van der Waals surface area contributed by atoms with Crippen molar-refractivity contribution >= 4 is 11.8 Å². The van der Waals surface area contributed by atoms with E-state index in [1.54, 1.807) is 0 Å². The normalized spacial score (nSPS) is 21.1. The first-order chi connectivity index (χ1) is 13.1. The highest BCUT2D eigenvalue weighted by Crippen LogP contribution is 2.26. The zero-order valence-corrected chi connectivity index (χ0v) is 17.2. The van der Waals surface area contributed by atoms with Crippen molar-refractivity contribution in [1.29, 1.82) is 0 Å². The molecule has 0 radical (unpaired) electrons. The van der Waals surface area contributed by atoms with Crippen LogP contribution in [0.4, 0.5) is 5.69 Å². The van der Waals surface area contributed by atoms with Gasteiger partial charge in [-0.3, -0.25) is 0 Å². The zero-order valence-electron chi connectivity index (χ0n) is 17.2. The van der Waals surface area contributed by atoms with Crippen molar-refractivity contribution in [3.63, 3.8) is 0 Å². The van der Waals surface area contributed by atoms with Crippen LogP contribution in [-0.2, 0) is 4.74 Å². The third-order valence-electron chi connectivity index (χ3n) is 5.09. The molecule has 1 aliphatic carbocycles. The summed E-state index contributed by atoms with van der Waals surface area (Å²) in [6.07, 6.45) is 9.03. The minimum Gasteiger partial charge on any atom is -0.487 e. The molecule has 27 heavy (non-hydrogen) atoms. The van der Waals surface area contributed by atoms with E-state index in [0.29, 0.717) is 12.5 Å². The van der Waals surface area contributed by atoms with Crippen molar-refractivity contribution < 1.29 is 19.6 Å². The van der Waals surface area contributed by atoms with Crippen molar-refractivity contribution in [3.8, 4) is 5.75 Å². The lowest BCUT2D eigenvalue weighted by molar-refractivity contribution is -0.385. The second-order valence-corrected chi connectivity index (χ2v) is 7.80. The minimum absolute atomic E-state index is 0.0417. The van der Waals surface area contributed by atoms with E-state index < -0.39 is 0 Å². The second-order valence-electron chi connectivity index (χ2n) is 7.80. The number of hydrogen-bond donors (Lipinski definition) is 2. The number of aliphatic hydroxyl groups excluding tert-OH is 1. The third-order valence-corrected chi connectivity index (χ3v) is 5.09. The van der Waals surface area contributed by atoms with Gasteiger partial charge in [-0.25, -0.2) is 0 Å². The van der Waals surface area contributed by atoms with Crippen LogP contribution in [0.15, 0.2) is 24.3 Å². The van der Waals surface area contributed by atoms with Crippen molar-refractivity contribution in [1.82, 2.24) is 4.90 Å². The Hall–Kier alpha value is -1.75. The van der Waals surface area contributed by atoms with Gasteiger partial charge in [-0.05, 0) is 45.8 Å². The fourth-order valence-corrected chi connectivity index (χ4v) is 3.70. The maximum Gasteiger partial charge on any atom is 0.551 e. The lowest BCUT2D eigenvalue weighted by Crippen LogP contribution is -2.68. The van der Waals surface area contributed by atoms with E-state index in [0.717, 1.165) is 50.1 Å². The summed E-state index contributed by atoms with van der Waals surface area (Å²) in [5, 5.41) is 10.4. The molecule has 1 aliphatic rings. The number of para-hydroxylation sites is 2. The second kappa shape index (κ2) is 11.9. The molecule has 1 aromatic carbocycles. The standard InChI is InChI=1S/C22H36N2O3/c1-4-5-11-16-26-21-15-10-9-13-19(21)23-22(25)27-20-14-8-6-7-12-18(20)17-24(2)3/h9-10,13,15,18,20H,4-8,11-12,14,16-17H2,1-3H3,(H,23,25)/p+1/t18-,20-/m1/s1. The molecule has 0 saturated heterocycles. The summed E-state index contributed by atoms with van der Waals surface area (Å²) in [7, 11) is 4.19. The molecule has 0 amide bonds. The Morgan fingerprint density at radius 2 is 1.93 bits per heavy atom. The number of ether oxygens (including phenoxy) is 2. The smallest absolute Gasteiger partial charge is 0.487 e. The van der Waals surface area contributed by atoms with E-state index in [1.165, 1.54) is 19.3 Å². The van der Waals surface area contributed by atoms with E-state index in [-0.39, 0.29) is 12.2 Å². The van der Waals surface area contributed by atoms with E-state index >= 15 is 0 Å². The number of nitrogens with zero attached hydrogens (tertiary/aromatic N) is 1. The van der Waals surface area contributed by atoms with Gasteiger partial charge >= 0.3 is 6.08 Å². The lowest BCUT2D eigenvalue weighted by Gasteiger charge is -2.26. The third kappa shape index (κ3) is 7.79. The van der Waals surface area contributed by atoms with Crippen LogP contribution in [-0.4, -0.2) is 49.4 Å². The summed E-state index contributed by atoms with van der Waals surface area (Å²) in [5.74, 6) is 1.18. The number of unbranched alkanes of at least 4 members (excludes halogenated alkanes) is 2. The molecule has 0 spiro atoms. The zero-order chi connectivity index (χ0) is 19.5. The Kier molecular flexibility index (Phi) is 9.46. The first kappa shape index (κ1) is 21.5. The van der Waals surface area contributed by atoms with E-state index in [1.807, 2.05) is 24.3 Å². The lowest BCUT2D eigenvalue weighted by atomic mass is 9.97. The van der Waals surface area contributed by atoms with Gasteiger partial charge in [0.15, 0.2) is 5.75 Å². The summed E-state index contributed by atoms with van der Waals surface area (Å²) in [6, 6.07) is 7.69. The predicted octanol–water partition coefficient (Wildman–Crippen LogP) is 3.41. The molecule has 1 aromatic rings. The molecular weight excluding hydrogens is 340 g/mol. The monoisotopic (exact) mass is 377 g/mol. The van der Waals surface area contributed by atoms with Crippen LogP contribution in [0, 0.1) is 5.92 Å². The number of hydrogen-bond acceptors (Lipinski definition) is 3. The first-order valence-corrected chi connectivity index (χ1v) is 10.5. The molecule has 0 bridgehead atoms. The quantitative estimate of drug-likeness (QED) is 0.300. The summed E-state index contributed by atoms with van der Waals surface area (Å²) in [6.45, 7) is 3.84. The number of aliphatic hydroxyl groups is 1. The molecule has 0 heterocycles. The SMILES string of the molecule is CCCCCOc1ccccc1[NH+]=C(O)O[C@@H]1CCCCC[C@@H]1CN(C)C. The number of nitrogens with one attached hydrogen (secondary N) is 1. The molecule has 2 rings (SSSR count). The van der Waals surface area contributed by atoms with Crippen molar-refractivity contribution in [3.05, 3.63) is 24.3 Å². The Bertz CT molecular complexity index is 574. The van der Waals surface area contributed by atoms with Crippen LogP contribution in [0.1, 0.15) is 58.3 Å². The maximum absolute atomic E-state index is 10.4. The summed E-state index contributed by atoms with van der Waals surface area (Å²) in [4.78, 5) is 5.21.